The Morgan fingerprint density at radius 1 is 1.26 bits per heavy atom. The predicted molar refractivity (Wildman–Crippen MR) is 75.0 cm³/mol. The van der Waals surface area contributed by atoms with Crippen molar-refractivity contribution in [3.63, 3.8) is 0 Å². The van der Waals surface area contributed by atoms with Gasteiger partial charge in [-0.2, -0.15) is 12.7 Å². The molecule has 0 saturated carbocycles. The van der Waals surface area contributed by atoms with Crippen LogP contribution in [0.3, 0.4) is 0 Å². The summed E-state index contributed by atoms with van der Waals surface area (Å²) in [5.74, 6) is 0. The molecule has 7 heteroatoms. The molecule has 106 valence electrons. The van der Waals surface area contributed by atoms with Crippen molar-refractivity contribution in [2.45, 2.75) is 12.8 Å². The molecule has 19 heavy (non-hydrogen) atoms. The fourth-order valence-corrected chi connectivity index (χ4v) is 3.95. The van der Waals surface area contributed by atoms with E-state index in [9.17, 15) is 8.42 Å². The largest absolute Gasteiger partial charge is 0.397 e. The molecule has 1 aliphatic heterocycles. The molecule has 1 aromatic rings. The van der Waals surface area contributed by atoms with Gasteiger partial charge in [-0.05, 0) is 25.0 Å². The maximum absolute atomic E-state index is 12.6. The molecule has 1 saturated heterocycles. The molecular weight excluding hydrogens is 266 g/mol. The molecular formula is C12H19N3O3S. The zero-order valence-corrected chi connectivity index (χ0v) is 11.5. The van der Waals surface area contributed by atoms with Gasteiger partial charge in [0.05, 0.1) is 24.5 Å². The second kappa shape index (κ2) is 5.77. The topological polar surface area (TPSA) is 86.9 Å². The Morgan fingerprint density at radius 3 is 2.47 bits per heavy atom. The normalized spacial score (nSPS) is 16.7. The number of nitrogens with two attached hydrogens (primary N) is 1. The molecule has 0 bridgehead atoms. The van der Waals surface area contributed by atoms with Crippen molar-refractivity contribution in [3.05, 3.63) is 24.3 Å². The third-order valence-corrected chi connectivity index (χ3v) is 5.13. The summed E-state index contributed by atoms with van der Waals surface area (Å²) in [6, 6.07) is 6.78. The number of aliphatic hydroxyl groups is 1. The van der Waals surface area contributed by atoms with E-state index in [1.807, 2.05) is 0 Å². The van der Waals surface area contributed by atoms with Gasteiger partial charge in [0.1, 0.15) is 0 Å². The first kappa shape index (κ1) is 14.1. The molecule has 3 N–H and O–H groups in total. The van der Waals surface area contributed by atoms with Gasteiger partial charge in [0, 0.05) is 13.1 Å². The summed E-state index contributed by atoms with van der Waals surface area (Å²) in [5.41, 5.74) is 6.65. The van der Waals surface area contributed by atoms with Gasteiger partial charge in [-0.1, -0.05) is 12.1 Å². The molecule has 0 aliphatic carbocycles. The molecule has 0 amide bonds. The van der Waals surface area contributed by atoms with Gasteiger partial charge in [-0.3, -0.25) is 4.31 Å². The molecule has 1 aromatic carbocycles. The first-order chi connectivity index (χ1) is 9.07. The van der Waals surface area contributed by atoms with Crippen LogP contribution in [0.15, 0.2) is 24.3 Å². The zero-order valence-electron chi connectivity index (χ0n) is 10.7. The second-order valence-electron chi connectivity index (χ2n) is 4.47. The van der Waals surface area contributed by atoms with Gasteiger partial charge in [-0.25, -0.2) is 0 Å². The molecule has 0 aromatic heterocycles. The first-order valence-corrected chi connectivity index (χ1v) is 7.70. The third kappa shape index (κ3) is 2.83. The highest BCUT2D eigenvalue weighted by atomic mass is 32.2. The standard InChI is InChI=1S/C12H19N3O3S/c13-11-5-1-2-6-12(11)15(9-10-16)19(17,18)14-7-3-4-8-14/h1-2,5-6,16H,3-4,7-10,13H2. The highest BCUT2D eigenvalue weighted by Gasteiger charge is 2.32. The van der Waals surface area contributed by atoms with E-state index in [0.29, 0.717) is 24.5 Å². The molecule has 1 aliphatic rings. The van der Waals surface area contributed by atoms with Crippen LogP contribution in [0.25, 0.3) is 0 Å². The van der Waals surface area contributed by atoms with Crippen LogP contribution < -0.4 is 10.0 Å². The van der Waals surface area contributed by atoms with E-state index in [1.165, 1.54) is 8.61 Å². The van der Waals surface area contributed by atoms with Gasteiger partial charge in [0.15, 0.2) is 0 Å². The van der Waals surface area contributed by atoms with Gasteiger partial charge < -0.3 is 10.8 Å². The number of hydrogen-bond donors (Lipinski definition) is 2. The van der Waals surface area contributed by atoms with Crippen LogP contribution in [-0.2, 0) is 10.2 Å². The third-order valence-electron chi connectivity index (χ3n) is 3.18. The molecule has 6 nitrogen and oxygen atoms in total. The lowest BCUT2D eigenvalue weighted by Crippen LogP contribution is -2.44. The second-order valence-corrected chi connectivity index (χ2v) is 6.32. The Hall–Kier alpha value is -1.31. The highest BCUT2D eigenvalue weighted by molar-refractivity contribution is 7.90. The number of nitrogen functional groups attached to an aromatic ring is 1. The van der Waals surface area contributed by atoms with E-state index in [4.69, 9.17) is 10.8 Å². The number of anilines is 2. The summed E-state index contributed by atoms with van der Waals surface area (Å²) >= 11 is 0. The lowest BCUT2D eigenvalue weighted by molar-refractivity contribution is 0.305. The van der Waals surface area contributed by atoms with Gasteiger partial charge in [0.25, 0.3) is 0 Å². The van der Waals surface area contributed by atoms with Crippen LogP contribution in [0.5, 0.6) is 0 Å². The van der Waals surface area contributed by atoms with Crippen molar-refractivity contribution in [2.75, 3.05) is 36.3 Å². The molecule has 0 atom stereocenters. The van der Waals surface area contributed by atoms with E-state index in [0.717, 1.165) is 12.8 Å². The fourth-order valence-electron chi connectivity index (χ4n) is 2.22. The number of para-hydroxylation sites is 2. The molecule has 0 spiro atoms. The maximum atomic E-state index is 12.6. The minimum Gasteiger partial charge on any atom is -0.397 e. The average Bonchev–Trinajstić information content (AvgIpc) is 2.91. The summed E-state index contributed by atoms with van der Waals surface area (Å²) in [6.07, 6.45) is 1.74. The van der Waals surface area contributed by atoms with E-state index >= 15 is 0 Å². The summed E-state index contributed by atoms with van der Waals surface area (Å²) in [6.45, 7) is 0.808. The lowest BCUT2D eigenvalue weighted by atomic mass is 10.3. The molecule has 1 fully saturated rings. The number of hydrogen-bond acceptors (Lipinski definition) is 4. The number of rotatable bonds is 5. The SMILES string of the molecule is Nc1ccccc1N(CCO)S(=O)(=O)N1CCCC1. The van der Waals surface area contributed by atoms with Crippen molar-refractivity contribution in [1.82, 2.24) is 4.31 Å². The van der Waals surface area contributed by atoms with Crippen molar-refractivity contribution in [2.24, 2.45) is 0 Å². The quantitative estimate of drug-likeness (QED) is 0.767. The number of aliphatic hydroxyl groups excluding tert-OH is 1. The van der Waals surface area contributed by atoms with Crippen LogP contribution >= 0.6 is 0 Å². The average molecular weight is 285 g/mol. The molecule has 1 heterocycles. The Labute approximate surface area is 113 Å². The summed E-state index contributed by atoms with van der Waals surface area (Å²) < 4.78 is 27.7. The van der Waals surface area contributed by atoms with Crippen molar-refractivity contribution >= 4 is 21.6 Å². The van der Waals surface area contributed by atoms with Crippen LogP contribution in [0.2, 0.25) is 0 Å². The van der Waals surface area contributed by atoms with E-state index in [1.54, 1.807) is 24.3 Å². The Balaban J connectivity index is 2.37. The summed E-state index contributed by atoms with van der Waals surface area (Å²) in [5, 5.41) is 9.13. The maximum Gasteiger partial charge on any atom is 0.304 e. The minimum absolute atomic E-state index is 0.00699. The van der Waals surface area contributed by atoms with Gasteiger partial charge in [-0.15, -0.1) is 0 Å². The van der Waals surface area contributed by atoms with E-state index in [-0.39, 0.29) is 13.2 Å². The smallest absolute Gasteiger partial charge is 0.304 e. The first-order valence-electron chi connectivity index (χ1n) is 6.30. The van der Waals surface area contributed by atoms with Gasteiger partial charge in [0.2, 0.25) is 0 Å². The number of benzene rings is 1. The zero-order chi connectivity index (χ0) is 13.9. The molecule has 2 rings (SSSR count). The Bertz CT molecular complexity index is 527. The summed E-state index contributed by atoms with van der Waals surface area (Å²) in [4.78, 5) is 0. The fraction of sp³-hybridized carbons (Fsp3) is 0.500. The predicted octanol–water partition coefficient (Wildman–Crippen LogP) is 0.408. The Kier molecular flexibility index (Phi) is 4.28. The van der Waals surface area contributed by atoms with Crippen molar-refractivity contribution in [1.29, 1.82) is 0 Å². The number of nitrogens with zero attached hydrogens (tertiary/aromatic N) is 2. The van der Waals surface area contributed by atoms with Crippen molar-refractivity contribution in [3.8, 4) is 0 Å². The van der Waals surface area contributed by atoms with Crippen LogP contribution in [0.4, 0.5) is 11.4 Å². The highest BCUT2D eigenvalue weighted by Crippen LogP contribution is 2.27. The molecule has 0 radical (unpaired) electrons. The minimum atomic E-state index is -3.61. The van der Waals surface area contributed by atoms with Gasteiger partial charge >= 0.3 is 10.2 Å². The van der Waals surface area contributed by atoms with Crippen LogP contribution in [-0.4, -0.2) is 44.1 Å². The Morgan fingerprint density at radius 2 is 1.89 bits per heavy atom. The van der Waals surface area contributed by atoms with E-state index < -0.39 is 10.2 Å². The molecule has 0 unspecified atom stereocenters. The monoisotopic (exact) mass is 285 g/mol. The summed E-state index contributed by atoms with van der Waals surface area (Å²) in [7, 11) is -3.61. The van der Waals surface area contributed by atoms with E-state index in [2.05, 4.69) is 0 Å². The lowest BCUT2D eigenvalue weighted by Gasteiger charge is -2.29. The van der Waals surface area contributed by atoms with Crippen LogP contribution in [0, 0.1) is 0 Å². The van der Waals surface area contributed by atoms with Crippen LogP contribution in [0.1, 0.15) is 12.8 Å². The van der Waals surface area contributed by atoms with Crippen molar-refractivity contribution < 1.29 is 13.5 Å².